The molecule has 0 bridgehead atoms. The minimum absolute atomic E-state index is 0.175. The Kier molecular flexibility index (Phi) is 8.10. The Hall–Kier alpha value is -2.59. The maximum Gasteiger partial charge on any atom is 0.266 e. The van der Waals surface area contributed by atoms with Crippen molar-refractivity contribution in [2.45, 2.75) is 19.3 Å². The van der Waals surface area contributed by atoms with Gasteiger partial charge < -0.3 is 5.32 Å². The molecule has 1 saturated heterocycles. The molecule has 1 aliphatic rings. The minimum atomic E-state index is -0.336. The van der Waals surface area contributed by atoms with E-state index < -0.39 is 0 Å². The molecule has 2 aromatic carbocycles. The number of amides is 2. The number of carbonyl (C=O) groups is 2. The summed E-state index contributed by atoms with van der Waals surface area (Å²) < 4.78 is 13.5. The lowest BCUT2D eigenvalue weighted by atomic mass is 10.1. The standard InChI is InChI=1S/C24H19ClFN3O2S3/c25-19-5-2-1-4-16(19)13-18-14-27-23(33-18)28-21(30)6-3-11-29-22(31)20(34-24(29)32)12-15-7-9-17(26)10-8-15/h1-2,4-5,7-10,12,14H,3,6,11,13H2,(H,27,28,30)/b20-12+. The first-order valence-corrected chi connectivity index (χ1v) is 12.8. The smallest absolute Gasteiger partial charge is 0.266 e. The zero-order chi connectivity index (χ0) is 24.1. The molecule has 0 radical (unpaired) electrons. The predicted molar refractivity (Wildman–Crippen MR) is 141 cm³/mol. The number of hydrogen-bond acceptors (Lipinski definition) is 6. The number of carbonyl (C=O) groups excluding carboxylic acids is 2. The molecule has 4 rings (SSSR count). The summed E-state index contributed by atoms with van der Waals surface area (Å²) in [6.07, 6.45) is 4.76. The van der Waals surface area contributed by atoms with Gasteiger partial charge in [0.15, 0.2) is 5.13 Å². The maximum atomic E-state index is 13.1. The third-order valence-corrected chi connectivity index (χ3v) is 7.61. The second kappa shape index (κ2) is 11.2. The van der Waals surface area contributed by atoms with E-state index in [1.165, 1.54) is 40.1 Å². The normalized spacial score (nSPS) is 14.8. The Labute approximate surface area is 215 Å². The zero-order valence-electron chi connectivity index (χ0n) is 17.8. The second-order valence-electron chi connectivity index (χ2n) is 7.44. The van der Waals surface area contributed by atoms with Gasteiger partial charge >= 0.3 is 0 Å². The number of nitrogens with zero attached hydrogens (tertiary/aromatic N) is 2. The highest BCUT2D eigenvalue weighted by molar-refractivity contribution is 8.26. The van der Waals surface area contributed by atoms with E-state index in [4.69, 9.17) is 23.8 Å². The molecule has 0 aliphatic carbocycles. The van der Waals surface area contributed by atoms with Crippen molar-refractivity contribution in [3.05, 3.63) is 86.5 Å². The van der Waals surface area contributed by atoms with Crippen LogP contribution in [0.5, 0.6) is 0 Å². The molecule has 1 aromatic heterocycles. The van der Waals surface area contributed by atoms with Crippen LogP contribution in [0.1, 0.15) is 28.8 Å². The van der Waals surface area contributed by atoms with Crippen LogP contribution < -0.4 is 5.32 Å². The first kappa shape index (κ1) is 24.5. The van der Waals surface area contributed by atoms with Crippen molar-refractivity contribution in [1.29, 1.82) is 0 Å². The predicted octanol–water partition coefficient (Wildman–Crippen LogP) is 6.15. The third-order valence-electron chi connectivity index (χ3n) is 4.95. The molecular weight excluding hydrogens is 513 g/mol. The van der Waals surface area contributed by atoms with E-state index in [0.717, 1.165) is 16.0 Å². The fourth-order valence-electron chi connectivity index (χ4n) is 3.26. The van der Waals surface area contributed by atoms with E-state index in [0.29, 0.717) is 38.8 Å². The highest BCUT2D eigenvalue weighted by Gasteiger charge is 2.31. The number of halogens is 2. The number of nitrogens with one attached hydrogen (secondary N) is 1. The van der Waals surface area contributed by atoms with Gasteiger partial charge in [-0.15, -0.1) is 11.3 Å². The number of anilines is 1. The number of benzene rings is 2. The maximum absolute atomic E-state index is 13.1. The molecule has 174 valence electrons. The quantitative estimate of drug-likeness (QED) is 0.279. The molecule has 0 unspecified atom stereocenters. The molecule has 2 amide bonds. The van der Waals surface area contributed by atoms with Crippen molar-refractivity contribution in [2.75, 3.05) is 11.9 Å². The van der Waals surface area contributed by atoms with Crippen molar-refractivity contribution < 1.29 is 14.0 Å². The summed E-state index contributed by atoms with van der Waals surface area (Å²) in [7, 11) is 0. The summed E-state index contributed by atoms with van der Waals surface area (Å²) in [5.41, 5.74) is 1.72. The van der Waals surface area contributed by atoms with Crippen LogP contribution in [-0.2, 0) is 16.0 Å². The highest BCUT2D eigenvalue weighted by Crippen LogP contribution is 2.33. The van der Waals surface area contributed by atoms with Gasteiger partial charge in [-0.05, 0) is 41.8 Å². The van der Waals surface area contributed by atoms with Gasteiger partial charge in [0.1, 0.15) is 10.1 Å². The fourth-order valence-corrected chi connectivity index (χ4v) is 5.62. The minimum Gasteiger partial charge on any atom is -0.302 e. The first-order valence-electron chi connectivity index (χ1n) is 10.4. The van der Waals surface area contributed by atoms with Crippen LogP contribution in [0.4, 0.5) is 9.52 Å². The molecule has 5 nitrogen and oxygen atoms in total. The molecule has 0 spiro atoms. The van der Waals surface area contributed by atoms with Crippen LogP contribution in [0.15, 0.2) is 59.6 Å². The van der Waals surface area contributed by atoms with Gasteiger partial charge in [0.25, 0.3) is 5.91 Å². The Morgan fingerprint density at radius 1 is 1.21 bits per heavy atom. The van der Waals surface area contributed by atoms with Crippen LogP contribution in [0, 0.1) is 5.82 Å². The number of thiocarbonyl (C=S) groups is 1. The van der Waals surface area contributed by atoms with Crippen molar-refractivity contribution in [3.63, 3.8) is 0 Å². The van der Waals surface area contributed by atoms with E-state index in [9.17, 15) is 14.0 Å². The molecule has 1 aliphatic heterocycles. The number of thioether (sulfide) groups is 1. The third kappa shape index (κ3) is 6.29. The van der Waals surface area contributed by atoms with Gasteiger partial charge in [0.2, 0.25) is 5.91 Å². The average molecular weight is 532 g/mol. The average Bonchev–Trinajstić information content (AvgIpc) is 3.35. The Bertz CT molecular complexity index is 1260. The highest BCUT2D eigenvalue weighted by atomic mass is 35.5. The molecule has 1 fully saturated rings. The molecule has 34 heavy (non-hydrogen) atoms. The molecule has 10 heteroatoms. The largest absolute Gasteiger partial charge is 0.302 e. The van der Waals surface area contributed by atoms with Gasteiger partial charge in [0.05, 0.1) is 4.91 Å². The lowest BCUT2D eigenvalue weighted by molar-refractivity contribution is -0.122. The lowest BCUT2D eigenvalue weighted by Crippen LogP contribution is -2.29. The molecule has 1 N–H and O–H groups in total. The first-order chi connectivity index (χ1) is 16.4. The van der Waals surface area contributed by atoms with Crippen molar-refractivity contribution in [1.82, 2.24) is 9.88 Å². The van der Waals surface area contributed by atoms with E-state index in [2.05, 4.69) is 10.3 Å². The fraction of sp³-hybridized carbons (Fsp3) is 0.167. The van der Waals surface area contributed by atoms with Gasteiger partial charge in [-0.2, -0.15) is 0 Å². The summed E-state index contributed by atoms with van der Waals surface area (Å²) in [5.74, 6) is -0.715. The lowest BCUT2D eigenvalue weighted by Gasteiger charge is -2.13. The van der Waals surface area contributed by atoms with E-state index in [1.807, 2.05) is 24.3 Å². The number of hydrogen-bond donors (Lipinski definition) is 1. The number of aromatic nitrogens is 1. The summed E-state index contributed by atoms with van der Waals surface area (Å²) in [5, 5.41) is 4.03. The van der Waals surface area contributed by atoms with Crippen LogP contribution in [0.25, 0.3) is 6.08 Å². The Balaban J connectivity index is 1.26. The van der Waals surface area contributed by atoms with Crippen molar-refractivity contribution in [3.8, 4) is 0 Å². The van der Waals surface area contributed by atoms with Gasteiger partial charge in [-0.1, -0.05) is 65.9 Å². The van der Waals surface area contributed by atoms with Crippen LogP contribution in [-0.4, -0.2) is 32.6 Å². The van der Waals surface area contributed by atoms with E-state index in [1.54, 1.807) is 24.4 Å². The second-order valence-corrected chi connectivity index (χ2v) is 10.6. The summed E-state index contributed by atoms with van der Waals surface area (Å²) in [4.78, 5) is 32.3. The molecule has 3 aromatic rings. The van der Waals surface area contributed by atoms with Crippen LogP contribution in [0.2, 0.25) is 5.02 Å². The summed E-state index contributed by atoms with van der Waals surface area (Å²) in [6, 6.07) is 13.5. The Morgan fingerprint density at radius 2 is 1.97 bits per heavy atom. The van der Waals surface area contributed by atoms with Gasteiger partial charge in [0, 0.05) is 35.5 Å². The number of thiazole rings is 1. The summed E-state index contributed by atoms with van der Waals surface area (Å²) in [6.45, 7) is 0.342. The molecular formula is C24H19ClFN3O2S3. The van der Waals surface area contributed by atoms with E-state index >= 15 is 0 Å². The monoisotopic (exact) mass is 531 g/mol. The zero-order valence-corrected chi connectivity index (χ0v) is 21.0. The van der Waals surface area contributed by atoms with Crippen molar-refractivity contribution >= 4 is 74.3 Å². The molecule has 0 saturated carbocycles. The molecule has 2 heterocycles. The SMILES string of the molecule is O=C(CCCN1C(=O)/C(=C\c2ccc(F)cc2)SC1=S)Nc1ncc(Cc2ccccc2Cl)s1. The summed E-state index contributed by atoms with van der Waals surface area (Å²) >= 11 is 14.1. The molecule has 0 atom stereocenters. The topological polar surface area (TPSA) is 62.3 Å². The van der Waals surface area contributed by atoms with Gasteiger partial charge in [-0.25, -0.2) is 9.37 Å². The van der Waals surface area contributed by atoms with Crippen molar-refractivity contribution in [2.24, 2.45) is 0 Å². The van der Waals surface area contributed by atoms with Gasteiger partial charge in [-0.3, -0.25) is 14.5 Å². The van der Waals surface area contributed by atoms with Crippen LogP contribution >= 0.6 is 46.9 Å². The van der Waals surface area contributed by atoms with E-state index in [-0.39, 0.29) is 24.1 Å². The van der Waals surface area contributed by atoms with Crippen LogP contribution in [0.3, 0.4) is 0 Å². The number of rotatable bonds is 8. The Morgan fingerprint density at radius 3 is 2.74 bits per heavy atom.